The normalized spacial score (nSPS) is 10.5. The molecule has 0 heterocycles. The van der Waals surface area contributed by atoms with E-state index in [0.29, 0.717) is 19.8 Å². The van der Waals surface area contributed by atoms with Crippen molar-refractivity contribution in [3.63, 3.8) is 0 Å². The Morgan fingerprint density at radius 1 is 0.941 bits per heavy atom. The van der Waals surface area contributed by atoms with E-state index in [1.165, 1.54) is 25.7 Å². The molecule has 0 bridgehead atoms. The fraction of sp³-hybridized carbons (Fsp3) is 0.923. The monoisotopic (exact) mass is 246 g/mol. The van der Waals surface area contributed by atoms with Crippen molar-refractivity contribution in [2.45, 2.75) is 45.4 Å². The lowest BCUT2D eigenvalue weighted by molar-refractivity contribution is -0.149. The van der Waals surface area contributed by atoms with Crippen molar-refractivity contribution in [1.29, 1.82) is 0 Å². The van der Waals surface area contributed by atoms with Crippen LogP contribution in [-0.2, 0) is 19.0 Å². The highest BCUT2D eigenvalue weighted by Crippen LogP contribution is 2.04. The Hall–Kier alpha value is -0.610. The van der Waals surface area contributed by atoms with Gasteiger partial charge in [0.2, 0.25) is 0 Å². The molecule has 4 nitrogen and oxygen atoms in total. The number of unbranched alkanes of at least 4 members (excludes halogenated alkanes) is 5. The molecule has 0 aromatic carbocycles. The van der Waals surface area contributed by atoms with Crippen molar-refractivity contribution < 1.29 is 19.0 Å². The first-order valence-electron chi connectivity index (χ1n) is 6.53. The van der Waals surface area contributed by atoms with E-state index in [-0.39, 0.29) is 12.6 Å². The van der Waals surface area contributed by atoms with Gasteiger partial charge >= 0.3 is 5.97 Å². The summed E-state index contributed by atoms with van der Waals surface area (Å²) in [7, 11) is 1.60. The average molecular weight is 246 g/mol. The first-order valence-corrected chi connectivity index (χ1v) is 6.53. The summed E-state index contributed by atoms with van der Waals surface area (Å²) in [5.74, 6) is -0.283. The second-order valence-corrected chi connectivity index (χ2v) is 4.03. The van der Waals surface area contributed by atoms with Crippen molar-refractivity contribution in [2.24, 2.45) is 0 Å². The zero-order valence-corrected chi connectivity index (χ0v) is 11.2. The molecule has 0 fully saturated rings. The van der Waals surface area contributed by atoms with Crippen molar-refractivity contribution in [3.8, 4) is 0 Å². The predicted molar refractivity (Wildman–Crippen MR) is 67.0 cm³/mol. The van der Waals surface area contributed by atoms with E-state index in [4.69, 9.17) is 14.2 Å². The topological polar surface area (TPSA) is 44.8 Å². The molecule has 0 atom stereocenters. The summed E-state index contributed by atoms with van der Waals surface area (Å²) in [5, 5.41) is 0. The minimum Gasteiger partial charge on any atom is -0.464 e. The van der Waals surface area contributed by atoms with Crippen molar-refractivity contribution in [1.82, 2.24) is 0 Å². The summed E-state index contributed by atoms with van der Waals surface area (Å²) in [6.07, 6.45) is 7.16. The first-order chi connectivity index (χ1) is 8.31. The molecule has 0 aromatic heterocycles. The summed E-state index contributed by atoms with van der Waals surface area (Å²) in [5.41, 5.74) is 0. The maximum atomic E-state index is 11.2. The molecule has 0 saturated carbocycles. The van der Waals surface area contributed by atoms with Gasteiger partial charge in [-0.15, -0.1) is 0 Å². The summed E-state index contributed by atoms with van der Waals surface area (Å²) >= 11 is 0. The highest BCUT2D eigenvalue weighted by molar-refractivity contribution is 5.70. The molecule has 4 heteroatoms. The number of rotatable bonds is 12. The molecule has 0 aliphatic rings. The second-order valence-electron chi connectivity index (χ2n) is 4.03. The fourth-order valence-corrected chi connectivity index (χ4v) is 1.41. The van der Waals surface area contributed by atoms with Gasteiger partial charge in [-0.3, -0.25) is 0 Å². The molecule has 0 aromatic rings. The molecule has 0 unspecified atom stereocenters. The van der Waals surface area contributed by atoms with Crippen LogP contribution in [0.1, 0.15) is 45.4 Å². The van der Waals surface area contributed by atoms with E-state index in [9.17, 15) is 4.79 Å². The van der Waals surface area contributed by atoms with Gasteiger partial charge in [-0.05, 0) is 6.42 Å². The molecular formula is C13H26O4. The van der Waals surface area contributed by atoms with Crippen molar-refractivity contribution >= 4 is 5.97 Å². The first kappa shape index (κ1) is 16.4. The van der Waals surface area contributed by atoms with Crippen LogP contribution in [-0.4, -0.2) is 39.5 Å². The van der Waals surface area contributed by atoms with E-state index in [0.717, 1.165) is 12.8 Å². The lowest BCUT2D eigenvalue weighted by Crippen LogP contribution is -2.15. The van der Waals surface area contributed by atoms with E-state index < -0.39 is 0 Å². The van der Waals surface area contributed by atoms with Gasteiger partial charge in [0, 0.05) is 7.11 Å². The van der Waals surface area contributed by atoms with Crippen LogP contribution in [0.15, 0.2) is 0 Å². The number of ether oxygens (including phenoxy) is 3. The SMILES string of the molecule is CCCCCCCCOC(=O)COCCOC. The molecule has 0 amide bonds. The van der Waals surface area contributed by atoms with E-state index in [1.807, 2.05) is 0 Å². The van der Waals surface area contributed by atoms with Crippen LogP contribution in [0.2, 0.25) is 0 Å². The third-order valence-electron chi connectivity index (χ3n) is 2.41. The Morgan fingerprint density at radius 2 is 1.65 bits per heavy atom. The maximum absolute atomic E-state index is 11.2. The lowest BCUT2D eigenvalue weighted by atomic mass is 10.1. The number of carbonyl (C=O) groups excluding carboxylic acids is 1. The molecule has 17 heavy (non-hydrogen) atoms. The molecule has 0 N–H and O–H groups in total. The third-order valence-corrected chi connectivity index (χ3v) is 2.41. The van der Waals surface area contributed by atoms with Crippen molar-refractivity contribution in [2.75, 3.05) is 33.5 Å². The Labute approximate surface area is 105 Å². The van der Waals surface area contributed by atoms with Crippen LogP contribution in [0.25, 0.3) is 0 Å². The molecule has 0 radical (unpaired) electrons. The van der Waals surface area contributed by atoms with Gasteiger partial charge in [0.25, 0.3) is 0 Å². The Kier molecular flexibility index (Phi) is 13.0. The number of esters is 1. The lowest BCUT2D eigenvalue weighted by Gasteiger charge is -2.05. The molecule has 0 spiro atoms. The number of methoxy groups -OCH3 is 1. The van der Waals surface area contributed by atoms with Gasteiger partial charge in [0.05, 0.1) is 19.8 Å². The zero-order chi connectivity index (χ0) is 12.8. The molecular weight excluding hydrogens is 220 g/mol. The zero-order valence-electron chi connectivity index (χ0n) is 11.2. The number of hydrogen-bond donors (Lipinski definition) is 0. The van der Waals surface area contributed by atoms with Crippen LogP contribution in [0, 0.1) is 0 Å². The molecule has 0 aliphatic carbocycles. The van der Waals surface area contributed by atoms with Crippen LogP contribution in [0.4, 0.5) is 0 Å². The summed E-state index contributed by atoms with van der Waals surface area (Å²) < 4.78 is 14.9. The average Bonchev–Trinajstić information content (AvgIpc) is 2.33. The van der Waals surface area contributed by atoms with Gasteiger partial charge in [0.15, 0.2) is 0 Å². The molecule has 0 rings (SSSR count). The quantitative estimate of drug-likeness (QED) is 0.392. The molecule has 0 saturated heterocycles. The standard InChI is InChI=1S/C13H26O4/c1-3-4-5-6-7-8-9-17-13(14)12-16-11-10-15-2/h3-12H2,1-2H3. The van der Waals surface area contributed by atoms with Crippen LogP contribution < -0.4 is 0 Å². The minimum absolute atomic E-state index is 0.0270. The van der Waals surface area contributed by atoms with E-state index in [1.54, 1.807) is 7.11 Å². The third kappa shape index (κ3) is 13.3. The van der Waals surface area contributed by atoms with Crippen LogP contribution in [0.5, 0.6) is 0 Å². The van der Waals surface area contributed by atoms with Crippen molar-refractivity contribution in [3.05, 3.63) is 0 Å². The Morgan fingerprint density at radius 3 is 2.35 bits per heavy atom. The van der Waals surface area contributed by atoms with E-state index in [2.05, 4.69) is 6.92 Å². The highest BCUT2D eigenvalue weighted by Gasteiger charge is 2.02. The maximum Gasteiger partial charge on any atom is 0.332 e. The van der Waals surface area contributed by atoms with Crippen LogP contribution >= 0.6 is 0 Å². The molecule has 102 valence electrons. The second kappa shape index (κ2) is 13.5. The Bertz CT molecular complexity index is 171. The van der Waals surface area contributed by atoms with E-state index >= 15 is 0 Å². The van der Waals surface area contributed by atoms with Gasteiger partial charge in [-0.1, -0.05) is 39.0 Å². The summed E-state index contributed by atoms with van der Waals surface area (Å²) in [4.78, 5) is 11.2. The summed E-state index contributed by atoms with van der Waals surface area (Å²) in [6, 6.07) is 0. The smallest absolute Gasteiger partial charge is 0.332 e. The number of carbonyl (C=O) groups is 1. The Balaban J connectivity index is 3.11. The van der Waals surface area contributed by atoms with Gasteiger partial charge in [0.1, 0.15) is 6.61 Å². The predicted octanol–water partition coefficient (Wildman–Crippen LogP) is 2.55. The largest absolute Gasteiger partial charge is 0.464 e. The van der Waals surface area contributed by atoms with Gasteiger partial charge < -0.3 is 14.2 Å². The molecule has 0 aliphatic heterocycles. The number of hydrogen-bond acceptors (Lipinski definition) is 4. The summed E-state index contributed by atoms with van der Waals surface area (Å²) in [6.45, 7) is 3.68. The highest BCUT2D eigenvalue weighted by atomic mass is 16.6. The van der Waals surface area contributed by atoms with Gasteiger partial charge in [-0.25, -0.2) is 4.79 Å². The van der Waals surface area contributed by atoms with Gasteiger partial charge in [-0.2, -0.15) is 0 Å². The van der Waals surface area contributed by atoms with Crippen LogP contribution in [0.3, 0.4) is 0 Å². The fourth-order valence-electron chi connectivity index (χ4n) is 1.41. The minimum atomic E-state index is -0.283.